The molecule has 1 aliphatic rings. The van der Waals surface area contributed by atoms with E-state index in [9.17, 15) is 9.59 Å². The quantitative estimate of drug-likeness (QED) is 0.334. The van der Waals surface area contributed by atoms with Crippen LogP contribution in [0, 0.1) is 5.92 Å². The number of amides is 2. The number of esters is 1. The summed E-state index contributed by atoms with van der Waals surface area (Å²) in [5, 5.41) is 9.47. The zero-order chi connectivity index (χ0) is 25.7. The number of nitrogens with zero attached hydrogens (tertiary/aromatic N) is 1. The van der Waals surface area contributed by atoms with Crippen LogP contribution in [0.4, 0.5) is 16.2 Å². The van der Waals surface area contributed by atoms with Gasteiger partial charge in [0, 0.05) is 24.1 Å². The SMILES string of the molecule is CC1=C(C(=O)OCC(C)C)C(c2cccc(NC(=O)Nc3ccc(C(C)C)cc3)c2)NC(=S)N1C. The molecule has 0 saturated heterocycles. The van der Waals surface area contributed by atoms with Crippen molar-refractivity contribution in [3.63, 3.8) is 0 Å². The zero-order valence-electron chi connectivity index (χ0n) is 21.1. The van der Waals surface area contributed by atoms with Gasteiger partial charge in [-0.3, -0.25) is 0 Å². The second-order valence-corrected chi connectivity index (χ2v) is 9.80. The Morgan fingerprint density at radius 2 is 1.71 bits per heavy atom. The molecule has 2 amide bonds. The first kappa shape index (κ1) is 26.2. The molecule has 3 rings (SSSR count). The highest BCUT2D eigenvalue weighted by Gasteiger charge is 2.33. The summed E-state index contributed by atoms with van der Waals surface area (Å²) in [6, 6.07) is 14.3. The third-order valence-electron chi connectivity index (χ3n) is 5.83. The molecule has 3 N–H and O–H groups in total. The molecule has 8 heteroatoms. The Morgan fingerprint density at radius 3 is 2.34 bits per heavy atom. The monoisotopic (exact) mass is 494 g/mol. The van der Waals surface area contributed by atoms with Gasteiger partial charge in [-0.25, -0.2) is 9.59 Å². The lowest BCUT2D eigenvalue weighted by Gasteiger charge is -2.35. The molecule has 0 saturated carbocycles. The maximum Gasteiger partial charge on any atom is 0.338 e. The molecule has 2 aromatic rings. The molecule has 1 heterocycles. The zero-order valence-corrected chi connectivity index (χ0v) is 22.0. The minimum atomic E-state index is -0.494. The molecule has 186 valence electrons. The molecule has 35 heavy (non-hydrogen) atoms. The number of anilines is 2. The number of hydrogen-bond acceptors (Lipinski definition) is 4. The van der Waals surface area contributed by atoms with Crippen molar-refractivity contribution in [3.8, 4) is 0 Å². The lowest BCUT2D eigenvalue weighted by molar-refractivity contribution is -0.140. The number of nitrogens with one attached hydrogen (secondary N) is 3. The van der Waals surface area contributed by atoms with Gasteiger partial charge in [0.25, 0.3) is 0 Å². The summed E-state index contributed by atoms with van der Waals surface area (Å²) in [4.78, 5) is 27.4. The first-order chi connectivity index (χ1) is 16.6. The van der Waals surface area contributed by atoms with Crippen LogP contribution in [0.1, 0.15) is 57.7 Å². The molecule has 1 atom stereocenters. The summed E-state index contributed by atoms with van der Waals surface area (Å²) >= 11 is 5.48. The van der Waals surface area contributed by atoms with Crippen molar-refractivity contribution in [2.45, 2.75) is 46.6 Å². The van der Waals surface area contributed by atoms with Crippen molar-refractivity contribution >= 4 is 40.7 Å². The van der Waals surface area contributed by atoms with E-state index in [0.29, 0.717) is 34.6 Å². The van der Waals surface area contributed by atoms with E-state index in [1.807, 2.05) is 70.3 Å². The van der Waals surface area contributed by atoms with E-state index in [4.69, 9.17) is 17.0 Å². The Labute approximate surface area is 212 Å². The predicted molar refractivity (Wildman–Crippen MR) is 144 cm³/mol. The molecule has 2 aromatic carbocycles. The number of carbonyl (C=O) groups excluding carboxylic acids is 2. The Balaban J connectivity index is 1.79. The van der Waals surface area contributed by atoms with Crippen molar-refractivity contribution in [3.05, 3.63) is 70.9 Å². The smallest absolute Gasteiger partial charge is 0.338 e. The van der Waals surface area contributed by atoms with E-state index in [0.717, 1.165) is 11.3 Å². The molecule has 0 bridgehead atoms. The average molecular weight is 495 g/mol. The van der Waals surface area contributed by atoms with Crippen LogP contribution in [0.2, 0.25) is 0 Å². The number of benzene rings is 2. The molecule has 0 spiro atoms. The first-order valence-corrected chi connectivity index (χ1v) is 12.2. The summed E-state index contributed by atoms with van der Waals surface area (Å²) < 4.78 is 5.55. The Kier molecular flexibility index (Phi) is 8.51. The predicted octanol–water partition coefficient (Wildman–Crippen LogP) is 5.79. The number of ether oxygens (including phenoxy) is 1. The van der Waals surface area contributed by atoms with Crippen molar-refractivity contribution in [2.24, 2.45) is 5.92 Å². The van der Waals surface area contributed by atoms with Crippen LogP contribution in [-0.4, -0.2) is 35.7 Å². The minimum absolute atomic E-state index is 0.223. The van der Waals surface area contributed by atoms with Crippen LogP contribution in [0.15, 0.2) is 59.8 Å². The van der Waals surface area contributed by atoms with E-state index in [2.05, 4.69) is 29.8 Å². The maximum atomic E-state index is 13.0. The highest BCUT2D eigenvalue weighted by molar-refractivity contribution is 7.80. The van der Waals surface area contributed by atoms with Gasteiger partial charge in [0.05, 0.1) is 18.2 Å². The summed E-state index contributed by atoms with van der Waals surface area (Å²) in [5.41, 5.74) is 4.52. The molecule has 0 aliphatic carbocycles. The fraction of sp³-hybridized carbons (Fsp3) is 0.370. The second kappa shape index (κ2) is 11.4. The summed E-state index contributed by atoms with van der Waals surface area (Å²) in [7, 11) is 1.81. The number of rotatable bonds is 7. The van der Waals surface area contributed by atoms with Crippen LogP contribution in [0.5, 0.6) is 0 Å². The van der Waals surface area contributed by atoms with Gasteiger partial charge in [-0.15, -0.1) is 0 Å². The fourth-order valence-electron chi connectivity index (χ4n) is 3.71. The van der Waals surface area contributed by atoms with Crippen molar-refractivity contribution in [2.75, 3.05) is 24.3 Å². The van der Waals surface area contributed by atoms with Crippen molar-refractivity contribution in [1.29, 1.82) is 0 Å². The van der Waals surface area contributed by atoms with Gasteiger partial charge >= 0.3 is 12.0 Å². The van der Waals surface area contributed by atoms with Crippen LogP contribution in [-0.2, 0) is 9.53 Å². The van der Waals surface area contributed by atoms with Gasteiger partial charge in [-0.2, -0.15) is 0 Å². The van der Waals surface area contributed by atoms with E-state index in [1.165, 1.54) is 5.56 Å². The van der Waals surface area contributed by atoms with E-state index < -0.39 is 6.04 Å². The Bertz CT molecular complexity index is 1130. The molecule has 1 aliphatic heterocycles. The van der Waals surface area contributed by atoms with Crippen LogP contribution >= 0.6 is 12.2 Å². The Hall–Kier alpha value is -3.39. The molecular weight excluding hydrogens is 460 g/mol. The van der Waals surface area contributed by atoms with Gasteiger partial charge in [-0.05, 0) is 66.4 Å². The second-order valence-electron chi connectivity index (χ2n) is 9.41. The van der Waals surface area contributed by atoms with Crippen LogP contribution in [0.3, 0.4) is 0 Å². The van der Waals surface area contributed by atoms with Gasteiger partial charge in [0.2, 0.25) is 0 Å². The van der Waals surface area contributed by atoms with Crippen LogP contribution < -0.4 is 16.0 Å². The standard InChI is InChI=1S/C27H34N4O3S/c1-16(2)15-34-25(32)23-18(5)31(6)27(35)30-24(23)20-8-7-9-22(14-20)29-26(33)28-21-12-10-19(11-13-21)17(3)4/h7-14,16-17,24H,15H2,1-6H3,(H,30,35)(H2,28,29,33). The lowest BCUT2D eigenvalue weighted by atomic mass is 9.95. The summed E-state index contributed by atoms with van der Waals surface area (Å²) in [6.07, 6.45) is 0. The molecule has 0 aromatic heterocycles. The number of urea groups is 1. The summed E-state index contributed by atoms with van der Waals surface area (Å²) in [6.45, 7) is 10.4. The van der Waals surface area contributed by atoms with Gasteiger partial charge in [0.1, 0.15) is 0 Å². The molecular formula is C27H34N4O3S. The third-order valence-corrected chi connectivity index (χ3v) is 6.23. The molecule has 0 fully saturated rings. The van der Waals surface area contributed by atoms with E-state index in [-0.39, 0.29) is 17.9 Å². The number of thiocarbonyl (C=S) groups is 1. The third kappa shape index (κ3) is 6.60. The van der Waals surface area contributed by atoms with E-state index >= 15 is 0 Å². The highest BCUT2D eigenvalue weighted by Crippen LogP contribution is 2.32. The largest absolute Gasteiger partial charge is 0.462 e. The lowest BCUT2D eigenvalue weighted by Crippen LogP contribution is -2.46. The van der Waals surface area contributed by atoms with Gasteiger partial charge in [0.15, 0.2) is 5.11 Å². The molecule has 7 nitrogen and oxygen atoms in total. The minimum Gasteiger partial charge on any atom is -0.462 e. The number of carbonyl (C=O) groups is 2. The summed E-state index contributed by atoms with van der Waals surface area (Å²) in [5.74, 6) is 0.261. The Morgan fingerprint density at radius 1 is 1.06 bits per heavy atom. The fourth-order valence-corrected chi connectivity index (χ4v) is 3.97. The molecule has 1 unspecified atom stereocenters. The van der Waals surface area contributed by atoms with Crippen molar-refractivity contribution in [1.82, 2.24) is 10.2 Å². The van der Waals surface area contributed by atoms with Crippen LogP contribution in [0.25, 0.3) is 0 Å². The van der Waals surface area contributed by atoms with Gasteiger partial charge in [-0.1, -0.05) is 52.0 Å². The normalized spacial score (nSPS) is 15.8. The first-order valence-electron chi connectivity index (χ1n) is 11.8. The van der Waals surface area contributed by atoms with Crippen molar-refractivity contribution < 1.29 is 14.3 Å². The molecule has 0 radical (unpaired) electrons. The highest BCUT2D eigenvalue weighted by atomic mass is 32.1. The topological polar surface area (TPSA) is 82.7 Å². The van der Waals surface area contributed by atoms with Gasteiger partial charge < -0.3 is 25.6 Å². The number of allylic oxidation sites excluding steroid dienone is 1. The average Bonchev–Trinajstić information content (AvgIpc) is 2.81. The number of hydrogen-bond donors (Lipinski definition) is 3. The van der Waals surface area contributed by atoms with E-state index in [1.54, 1.807) is 11.0 Å². The maximum absolute atomic E-state index is 13.0.